The van der Waals surface area contributed by atoms with Crippen molar-refractivity contribution in [1.29, 1.82) is 0 Å². The van der Waals surface area contributed by atoms with E-state index < -0.39 is 5.91 Å². The van der Waals surface area contributed by atoms with Crippen LogP contribution in [0.3, 0.4) is 0 Å². The van der Waals surface area contributed by atoms with Crippen LogP contribution in [0.4, 0.5) is 16.2 Å². The fourth-order valence-corrected chi connectivity index (χ4v) is 2.33. The monoisotopic (exact) mass is 365 g/mol. The number of urea groups is 1. The number of rotatable bonds is 5. The van der Waals surface area contributed by atoms with Crippen LogP contribution in [-0.4, -0.2) is 28.1 Å². The van der Waals surface area contributed by atoms with Crippen molar-refractivity contribution < 1.29 is 14.1 Å². The number of pyridine rings is 1. The summed E-state index contributed by atoms with van der Waals surface area (Å²) < 4.78 is 5.22. The molecule has 0 unspecified atom stereocenters. The molecule has 0 atom stereocenters. The summed E-state index contributed by atoms with van der Waals surface area (Å²) in [6, 6.07) is 11.6. The number of hydrogen-bond donors (Lipinski definition) is 3. The Morgan fingerprint density at radius 2 is 1.78 bits per heavy atom. The van der Waals surface area contributed by atoms with Gasteiger partial charge in [-0.05, 0) is 38.1 Å². The van der Waals surface area contributed by atoms with Gasteiger partial charge >= 0.3 is 6.03 Å². The highest BCUT2D eigenvalue weighted by atomic mass is 16.5. The Hall–Kier alpha value is -3.68. The minimum Gasteiger partial charge on any atom is -0.355 e. The van der Waals surface area contributed by atoms with Crippen LogP contribution >= 0.6 is 0 Å². The summed E-state index contributed by atoms with van der Waals surface area (Å²) in [4.78, 5) is 28.4. The molecule has 138 valence electrons. The lowest BCUT2D eigenvalue weighted by Crippen LogP contribution is -2.34. The van der Waals surface area contributed by atoms with Crippen molar-refractivity contribution in [3.05, 3.63) is 60.6 Å². The number of para-hydroxylation sites is 2. The van der Waals surface area contributed by atoms with E-state index in [0.29, 0.717) is 17.1 Å². The van der Waals surface area contributed by atoms with Gasteiger partial charge in [0.05, 0.1) is 11.4 Å². The Bertz CT molecular complexity index is 937. The molecule has 8 heteroatoms. The van der Waals surface area contributed by atoms with Crippen LogP contribution in [0.15, 0.2) is 59.4 Å². The van der Waals surface area contributed by atoms with Gasteiger partial charge in [0.15, 0.2) is 11.5 Å². The molecule has 1 aromatic carbocycles. The maximum Gasteiger partial charge on any atom is 0.319 e. The van der Waals surface area contributed by atoms with Crippen LogP contribution in [0.25, 0.3) is 11.3 Å². The summed E-state index contributed by atoms with van der Waals surface area (Å²) >= 11 is 0. The largest absolute Gasteiger partial charge is 0.355 e. The Labute approximate surface area is 156 Å². The number of aromatic nitrogens is 2. The van der Waals surface area contributed by atoms with E-state index in [2.05, 4.69) is 26.1 Å². The summed E-state index contributed by atoms with van der Waals surface area (Å²) in [5.74, 6) is -0.0108. The van der Waals surface area contributed by atoms with E-state index in [1.54, 1.807) is 42.7 Å². The van der Waals surface area contributed by atoms with Gasteiger partial charge in [-0.2, -0.15) is 0 Å². The second-order valence-electron chi connectivity index (χ2n) is 6.07. The molecule has 2 aromatic heterocycles. The second-order valence-corrected chi connectivity index (χ2v) is 6.07. The average Bonchev–Trinajstić information content (AvgIpc) is 3.14. The predicted molar refractivity (Wildman–Crippen MR) is 101 cm³/mol. The third-order valence-electron chi connectivity index (χ3n) is 3.53. The summed E-state index contributed by atoms with van der Waals surface area (Å²) in [6.07, 6.45) is 3.27. The zero-order chi connectivity index (χ0) is 19.2. The van der Waals surface area contributed by atoms with Crippen LogP contribution in [0.5, 0.6) is 0 Å². The normalized spacial score (nSPS) is 10.5. The average molecular weight is 365 g/mol. The van der Waals surface area contributed by atoms with Crippen LogP contribution in [0.1, 0.15) is 24.3 Å². The van der Waals surface area contributed by atoms with Gasteiger partial charge < -0.3 is 20.5 Å². The zero-order valence-corrected chi connectivity index (χ0v) is 14.9. The number of carbonyl (C=O) groups excluding carboxylic acids is 2. The van der Waals surface area contributed by atoms with Gasteiger partial charge in [0.2, 0.25) is 0 Å². The summed E-state index contributed by atoms with van der Waals surface area (Å²) in [6.45, 7) is 3.72. The number of nitrogens with zero attached hydrogens (tertiary/aromatic N) is 2. The topological polar surface area (TPSA) is 109 Å². The van der Waals surface area contributed by atoms with E-state index in [-0.39, 0.29) is 17.8 Å². The number of benzene rings is 1. The lowest BCUT2D eigenvalue weighted by Gasteiger charge is -2.13. The Kier molecular flexibility index (Phi) is 5.46. The van der Waals surface area contributed by atoms with Crippen LogP contribution < -0.4 is 16.0 Å². The van der Waals surface area contributed by atoms with Crippen molar-refractivity contribution in [2.45, 2.75) is 19.9 Å². The highest BCUT2D eigenvalue weighted by Crippen LogP contribution is 2.23. The molecule has 3 amide bonds. The first-order valence-electron chi connectivity index (χ1n) is 8.38. The van der Waals surface area contributed by atoms with Gasteiger partial charge in [-0.1, -0.05) is 17.3 Å². The molecule has 3 N–H and O–H groups in total. The lowest BCUT2D eigenvalue weighted by molar-refractivity contribution is 0.101. The third-order valence-corrected chi connectivity index (χ3v) is 3.53. The van der Waals surface area contributed by atoms with E-state index in [9.17, 15) is 9.59 Å². The van der Waals surface area contributed by atoms with Gasteiger partial charge in [0.25, 0.3) is 5.91 Å². The highest BCUT2D eigenvalue weighted by molar-refractivity contribution is 6.06. The smallest absolute Gasteiger partial charge is 0.319 e. The Morgan fingerprint density at radius 3 is 2.44 bits per heavy atom. The van der Waals surface area contributed by atoms with Crippen molar-refractivity contribution in [2.24, 2.45) is 0 Å². The van der Waals surface area contributed by atoms with Crippen molar-refractivity contribution in [2.75, 3.05) is 10.6 Å². The lowest BCUT2D eigenvalue weighted by atomic mass is 10.2. The fourth-order valence-electron chi connectivity index (χ4n) is 2.33. The molecular weight excluding hydrogens is 346 g/mol. The fraction of sp³-hybridized carbons (Fsp3) is 0.158. The van der Waals surface area contributed by atoms with Crippen LogP contribution in [0, 0.1) is 0 Å². The maximum absolute atomic E-state index is 12.5. The third kappa shape index (κ3) is 4.69. The molecule has 0 aliphatic heterocycles. The number of hydrogen-bond acceptors (Lipinski definition) is 5. The number of anilines is 2. The zero-order valence-electron chi connectivity index (χ0n) is 14.9. The molecule has 0 fully saturated rings. The molecule has 0 saturated heterocycles. The van der Waals surface area contributed by atoms with E-state index in [1.807, 2.05) is 19.9 Å². The maximum atomic E-state index is 12.5. The van der Waals surface area contributed by atoms with Gasteiger partial charge in [0.1, 0.15) is 0 Å². The molecule has 3 aromatic rings. The van der Waals surface area contributed by atoms with E-state index >= 15 is 0 Å². The van der Waals surface area contributed by atoms with Gasteiger partial charge in [0, 0.05) is 30.1 Å². The molecule has 0 aliphatic carbocycles. The number of nitrogens with one attached hydrogen (secondary N) is 3. The number of amides is 3. The SMILES string of the molecule is CC(C)NC(=O)Nc1ccccc1NC(=O)c1cc(-c2cccnc2)on1. The van der Waals surface area contributed by atoms with Crippen molar-refractivity contribution in [3.63, 3.8) is 0 Å². The predicted octanol–water partition coefficient (Wildman–Crippen LogP) is 3.52. The first-order chi connectivity index (χ1) is 13.0. The minimum atomic E-state index is -0.451. The molecule has 0 radical (unpaired) electrons. The highest BCUT2D eigenvalue weighted by Gasteiger charge is 2.16. The molecule has 0 saturated carbocycles. The van der Waals surface area contributed by atoms with Crippen LogP contribution in [-0.2, 0) is 0 Å². The van der Waals surface area contributed by atoms with E-state index in [0.717, 1.165) is 5.56 Å². The van der Waals surface area contributed by atoms with E-state index in [1.165, 1.54) is 6.07 Å². The van der Waals surface area contributed by atoms with Gasteiger partial charge in [-0.15, -0.1) is 0 Å². The molecule has 0 spiro atoms. The minimum absolute atomic E-state index is 0.00668. The Balaban J connectivity index is 1.73. The molecule has 0 aliphatic rings. The molecule has 8 nitrogen and oxygen atoms in total. The number of carbonyl (C=O) groups is 2. The first-order valence-corrected chi connectivity index (χ1v) is 8.38. The van der Waals surface area contributed by atoms with Crippen molar-refractivity contribution in [1.82, 2.24) is 15.5 Å². The van der Waals surface area contributed by atoms with Crippen molar-refractivity contribution in [3.8, 4) is 11.3 Å². The second kappa shape index (κ2) is 8.13. The summed E-state index contributed by atoms with van der Waals surface area (Å²) in [5.41, 5.74) is 1.76. The molecule has 3 rings (SSSR count). The van der Waals surface area contributed by atoms with Gasteiger partial charge in [-0.25, -0.2) is 4.79 Å². The standard InChI is InChI=1S/C19H19N5O3/c1-12(2)21-19(26)23-15-8-4-3-7-14(15)22-18(25)16-10-17(27-24-16)13-6-5-9-20-11-13/h3-12H,1-2H3,(H,22,25)(H2,21,23,26). The van der Waals surface area contributed by atoms with Crippen molar-refractivity contribution >= 4 is 23.3 Å². The molecule has 27 heavy (non-hydrogen) atoms. The van der Waals surface area contributed by atoms with Gasteiger partial charge in [-0.3, -0.25) is 9.78 Å². The van der Waals surface area contributed by atoms with Crippen LogP contribution in [0.2, 0.25) is 0 Å². The summed E-state index contributed by atoms with van der Waals surface area (Å²) in [7, 11) is 0. The van der Waals surface area contributed by atoms with E-state index in [4.69, 9.17) is 4.52 Å². The quantitative estimate of drug-likeness (QED) is 0.641. The Morgan fingerprint density at radius 1 is 1.04 bits per heavy atom. The molecular formula is C19H19N5O3. The first kappa shape index (κ1) is 18.1. The molecule has 2 heterocycles. The molecule has 0 bridgehead atoms. The summed E-state index contributed by atoms with van der Waals surface area (Å²) in [5, 5.41) is 12.0.